The summed E-state index contributed by atoms with van der Waals surface area (Å²) in [5, 5.41) is 9.74. The lowest BCUT2D eigenvalue weighted by molar-refractivity contribution is -0.0564. The van der Waals surface area contributed by atoms with Crippen LogP contribution in [0.5, 0.6) is 0 Å². The normalized spacial score (nSPS) is 27.9. The number of halogens is 2. The van der Waals surface area contributed by atoms with Gasteiger partial charge < -0.3 is 28.4 Å². The molecule has 2 aliphatic heterocycles. The number of ether oxygens (including phenoxy) is 3. The molecule has 2 heterocycles. The van der Waals surface area contributed by atoms with Crippen LogP contribution in [0.3, 0.4) is 0 Å². The van der Waals surface area contributed by atoms with E-state index in [1.54, 1.807) is 38.1 Å². The summed E-state index contributed by atoms with van der Waals surface area (Å²) >= 11 is 6.55. The van der Waals surface area contributed by atoms with Gasteiger partial charge in [-0.1, -0.05) is 31.9 Å². The minimum atomic E-state index is -3.92. The first-order valence-corrected chi connectivity index (χ1v) is 18.6. The average Bonchev–Trinajstić information content (AvgIpc) is 3.52. The van der Waals surface area contributed by atoms with Gasteiger partial charge in [-0.05, 0) is 62.4 Å². The molecule has 2 fully saturated rings. The van der Waals surface area contributed by atoms with Crippen molar-refractivity contribution in [3.05, 3.63) is 57.5 Å². The highest BCUT2D eigenvalue weighted by atomic mass is 79.9. The lowest BCUT2D eigenvalue weighted by atomic mass is 10.2. The van der Waals surface area contributed by atoms with E-state index in [1.165, 1.54) is 24.3 Å². The Bertz CT molecular complexity index is 1420. The zero-order valence-corrected chi connectivity index (χ0v) is 27.9. The molecule has 0 bridgehead atoms. The third-order valence-electron chi connectivity index (χ3n) is 6.55. The summed E-state index contributed by atoms with van der Waals surface area (Å²) in [4.78, 5) is 0.130. The van der Waals surface area contributed by atoms with Crippen LogP contribution in [0.1, 0.15) is 26.7 Å². The van der Waals surface area contributed by atoms with Crippen LogP contribution < -0.4 is 0 Å². The minimum absolute atomic E-state index is 0.0363. The fourth-order valence-electron chi connectivity index (χ4n) is 4.54. The largest absolute Gasteiger partial charge is 0.394 e. The second-order valence-corrected chi connectivity index (χ2v) is 16.8. The van der Waals surface area contributed by atoms with E-state index < -0.39 is 69.8 Å². The van der Waals surface area contributed by atoms with Gasteiger partial charge >= 0.3 is 8.25 Å². The maximum absolute atomic E-state index is 13.2. The predicted octanol–water partition coefficient (Wildman–Crippen LogP) is 4.27. The third-order valence-corrected chi connectivity index (χ3v) is 12.4. The Hall–Kier alpha value is -0.710. The molecule has 2 aromatic carbocycles. The van der Waals surface area contributed by atoms with Crippen molar-refractivity contribution in [3.8, 4) is 0 Å². The molecule has 16 heteroatoms. The van der Waals surface area contributed by atoms with Crippen LogP contribution in [0, 0.1) is 0 Å². The maximum atomic E-state index is 13.2. The molecule has 0 amide bonds. The number of sulfone groups is 2. The number of aliphatic hydroxyl groups is 1. The van der Waals surface area contributed by atoms with Crippen molar-refractivity contribution in [1.29, 1.82) is 0 Å². The van der Waals surface area contributed by atoms with Gasteiger partial charge in [0.1, 0.15) is 12.2 Å². The lowest BCUT2D eigenvalue weighted by Gasteiger charge is -2.21. The predicted molar refractivity (Wildman–Crippen MR) is 156 cm³/mol. The Morgan fingerprint density at radius 2 is 1.32 bits per heavy atom. The number of aliphatic hydroxyl groups excluding tert-OH is 1. The van der Waals surface area contributed by atoms with Crippen molar-refractivity contribution in [2.24, 2.45) is 0 Å². The third kappa shape index (κ3) is 8.07. The highest BCUT2D eigenvalue weighted by Crippen LogP contribution is 2.39. The highest BCUT2D eigenvalue weighted by Gasteiger charge is 2.46. The molecule has 7 atom stereocenters. The molecule has 4 rings (SSSR count). The van der Waals surface area contributed by atoms with E-state index >= 15 is 0 Å². The first-order chi connectivity index (χ1) is 19.3. The molecule has 1 N–H and O–H groups in total. The zero-order valence-electron chi connectivity index (χ0n) is 22.1. The monoisotopic (exact) mass is 760 g/mol. The van der Waals surface area contributed by atoms with Crippen molar-refractivity contribution >= 4 is 59.8 Å². The fourth-order valence-corrected chi connectivity index (χ4v) is 9.04. The summed E-state index contributed by atoms with van der Waals surface area (Å²) in [6.45, 7) is 2.75. The van der Waals surface area contributed by atoms with E-state index in [9.17, 15) is 26.5 Å². The molecular weight excluding hydrogens is 731 g/mol. The Morgan fingerprint density at radius 3 is 1.78 bits per heavy atom. The van der Waals surface area contributed by atoms with Gasteiger partial charge in [-0.25, -0.2) is 16.8 Å². The van der Waals surface area contributed by atoms with Gasteiger partial charge in [0.2, 0.25) is 19.7 Å². The molecule has 2 saturated heterocycles. The summed E-state index contributed by atoms with van der Waals surface area (Å²) in [5.74, 6) is 0. The molecule has 41 heavy (non-hydrogen) atoms. The van der Waals surface area contributed by atoms with E-state index in [4.69, 9.17) is 23.3 Å². The van der Waals surface area contributed by atoms with Gasteiger partial charge in [0, 0.05) is 21.8 Å². The van der Waals surface area contributed by atoms with Crippen molar-refractivity contribution in [2.45, 2.75) is 77.9 Å². The maximum Gasteiger partial charge on any atom is 0.319 e. The number of rotatable bonds is 12. The van der Waals surface area contributed by atoms with E-state index in [2.05, 4.69) is 31.9 Å². The van der Waals surface area contributed by atoms with Gasteiger partial charge in [-0.2, -0.15) is 0 Å². The first-order valence-electron chi connectivity index (χ1n) is 12.7. The van der Waals surface area contributed by atoms with Crippen molar-refractivity contribution in [1.82, 2.24) is 0 Å². The second kappa shape index (κ2) is 13.9. The fraction of sp³-hybridized carbons (Fsp3) is 0.520. The Kier molecular flexibility index (Phi) is 11.3. The summed E-state index contributed by atoms with van der Waals surface area (Å²) in [6, 6.07) is 12.2. The van der Waals surface area contributed by atoms with E-state index in [0.717, 1.165) is 4.47 Å². The summed E-state index contributed by atoms with van der Waals surface area (Å²) in [7, 11) is -11.0. The lowest BCUT2D eigenvalue weighted by Crippen LogP contribution is -2.31. The molecule has 0 saturated carbocycles. The highest BCUT2D eigenvalue weighted by molar-refractivity contribution is 9.10. The van der Waals surface area contributed by atoms with Crippen LogP contribution in [0.15, 0.2) is 67.3 Å². The average molecular weight is 762 g/mol. The van der Waals surface area contributed by atoms with E-state index in [1.807, 2.05) is 0 Å². The molecule has 228 valence electrons. The standard InChI is InChI=1S/C25H31Br2O11PS2/c1-15(2)35-20-11-24(40(30,31)18-7-3-16(26)4-8-18)37-23(20)14-34-39(29)38-21-12-25(36-22(21)13-28)41(32,33)19-9-5-17(27)6-10-19/h3-10,15,20-25,28,39H,11-14H2,1-2H3/t20?,21?,22-,23-,24+,25+/m1/s1. The van der Waals surface area contributed by atoms with Crippen molar-refractivity contribution in [2.75, 3.05) is 13.2 Å². The SMILES string of the molecule is CC(C)OC1C[C@H](S(=O)(=O)c2ccc(Br)cc2)O[C@@H]1CO[PH](=O)OC1C[C@H](S(=O)(=O)c2ccc(Br)cc2)O[C@@H]1CO. The van der Waals surface area contributed by atoms with Crippen LogP contribution in [-0.2, 0) is 47.5 Å². The Morgan fingerprint density at radius 1 is 0.854 bits per heavy atom. The van der Waals surface area contributed by atoms with E-state index in [0.29, 0.717) is 4.47 Å². The zero-order chi connectivity index (χ0) is 29.9. The molecule has 0 aliphatic carbocycles. The van der Waals surface area contributed by atoms with Crippen LogP contribution in [0.25, 0.3) is 0 Å². The van der Waals surface area contributed by atoms with Gasteiger partial charge in [-0.3, -0.25) is 4.57 Å². The Balaban J connectivity index is 1.38. The van der Waals surface area contributed by atoms with Crippen LogP contribution in [-0.4, -0.2) is 76.5 Å². The number of hydrogen-bond donors (Lipinski definition) is 1. The quantitative estimate of drug-likeness (QED) is 0.309. The molecule has 3 unspecified atom stereocenters. The summed E-state index contributed by atoms with van der Waals surface area (Å²) < 4.78 is 94.8. The molecule has 2 aliphatic rings. The molecule has 0 spiro atoms. The smallest absolute Gasteiger partial charge is 0.319 e. The van der Waals surface area contributed by atoms with Crippen molar-refractivity contribution in [3.63, 3.8) is 0 Å². The Labute approximate surface area is 256 Å². The number of benzene rings is 2. The topological polar surface area (TPSA) is 152 Å². The molecule has 0 aromatic heterocycles. The first kappa shape index (κ1) is 33.2. The minimum Gasteiger partial charge on any atom is -0.394 e. The number of hydrogen-bond acceptors (Lipinski definition) is 11. The van der Waals surface area contributed by atoms with Crippen LogP contribution in [0.4, 0.5) is 0 Å². The van der Waals surface area contributed by atoms with Gasteiger partial charge in [0.25, 0.3) is 0 Å². The summed E-state index contributed by atoms with van der Waals surface area (Å²) in [5.41, 5.74) is -2.51. The second-order valence-electron chi connectivity index (χ2n) is 9.80. The molecule has 0 radical (unpaired) electrons. The molecule has 2 aromatic rings. The molecular formula is C25H31Br2O11PS2. The molecule has 11 nitrogen and oxygen atoms in total. The van der Waals surface area contributed by atoms with E-state index in [-0.39, 0.29) is 35.3 Å². The van der Waals surface area contributed by atoms with Crippen LogP contribution in [0.2, 0.25) is 0 Å². The van der Waals surface area contributed by atoms with Gasteiger partial charge in [0.15, 0.2) is 10.9 Å². The van der Waals surface area contributed by atoms with Crippen molar-refractivity contribution < 1.29 is 49.8 Å². The van der Waals surface area contributed by atoms with Crippen LogP contribution >= 0.6 is 40.1 Å². The summed E-state index contributed by atoms with van der Waals surface area (Å²) in [6.07, 6.45) is -3.92. The van der Waals surface area contributed by atoms with Gasteiger partial charge in [-0.15, -0.1) is 0 Å². The van der Waals surface area contributed by atoms with Gasteiger partial charge in [0.05, 0.1) is 41.3 Å².